The van der Waals surface area contributed by atoms with Crippen LogP contribution in [0.15, 0.2) is 47.7 Å². The van der Waals surface area contributed by atoms with Crippen LogP contribution in [0.5, 0.6) is 11.5 Å². The first-order chi connectivity index (χ1) is 13.9. The first-order valence-electron chi connectivity index (χ1n) is 9.25. The Bertz CT molecular complexity index is 1050. The first-order valence-corrected chi connectivity index (χ1v) is 10.0. The molecule has 0 saturated heterocycles. The molecule has 0 bridgehead atoms. The molecule has 0 saturated carbocycles. The van der Waals surface area contributed by atoms with Crippen LogP contribution in [0.2, 0.25) is 10.0 Å². The minimum atomic E-state index is -0.391. The summed E-state index contributed by atoms with van der Waals surface area (Å²) >= 11 is 12.1. The zero-order chi connectivity index (χ0) is 20.7. The number of ether oxygens (including phenoxy) is 1. The van der Waals surface area contributed by atoms with Crippen molar-refractivity contribution in [3.63, 3.8) is 0 Å². The molecule has 2 unspecified atom stereocenters. The molecule has 5 nitrogen and oxygen atoms in total. The molecule has 2 atom stereocenters. The Labute approximate surface area is 178 Å². The van der Waals surface area contributed by atoms with Crippen LogP contribution in [0.4, 0.5) is 0 Å². The van der Waals surface area contributed by atoms with Crippen molar-refractivity contribution < 1.29 is 19.4 Å². The summed E-state index contributed by atoms with van der Waals surface area (Å²) in [7, 11) is 1.47. The number of benzene rings is 2. The van der Waals surface area contributed by atoms with Crippen molar-refractivity contribution in [2.75, 3.05) is 7.11 Å². The van der Waals surface area contributed by atoms with Crippen LogP contribution in [-0.4, -0.2) is 23.9 Å². The summed E-state index contributed by atoms with van der Waals surface area (Å²) in [5, 5.41) is 13.9. The number of allylic oxidation sites excluding steroid dienone is 2. The molecular weight excluding hydrogens is 413 g/mol. The number of phenolic OH excluding ortho intramolecular Hbond substituents is 1. The van der Waals surface area contributed by atoms with Gasteiger partial charge in [0, 0.05) is 30.0 Å². The highest BCUT2D eigenvalue weighted by molar-refractivity contribution is 6.42. The first kappa shape index (κ1) is 19.8. The van der Waals surface area contributed by atoms with Gasteiger partial charge in [0.15, 0.2) is 17.3 Å². The number of rotatable bonds is 3. The molecule has 2 N–H and O–H groups in total. The topological polar surface area (TPSA) is 75.6 Å². The molecule has 150 valence electrons. The molecule has 0 fully saturated rings. The lowest BCUT2D eigenvalue weighted by atomic mass is 9.73. The zero-order valence-corrected chi connectivity index (χ0v) is 17.2. The molecule has 0 aromatic heterocycles. The molecule has 29 heavy (non-hydrogen) atoms. The van der Waals surface area contributed by atoms with Gasteiger partial charge in [-0.2, -0.15) is 0 Å². The molecule has 1 aliphatic carbocycles. The van der Waals surface area contributed by atoms with Gasteiger partial charge in [0.2, 0.25) is 5.91 Å². The van der Waals surface area contributed by atoms with Crippen LogP contribution < -0.4 is 10.1 Å². The van der Waals surface area contributed by atoms with Gasteiger partial charge < -0.3 is 15.2 Å². The average molecular weight is 432 g/mol. The lowest BCUT2D eigenvalue weighted by Gasteiger charge is -2.34. The second-order valence-corrected chi connectivity index (χ2v) is 8.14. The monoisotopic (exact) mass is 431 g/mol. The number of amides is 1. The third-order valence-corrected chi connectivity index (χ3v) is 6.30. The number of nitrogens with one attached hydrogen (secondary N) is 1. The van der Waals surface area contributed by atoms with E-state index in [1.807, 2.05) is 6.07 Å². The van der Waals surface area contributed by atoms with Gasteiger partial charge in [-0.15, -0.1) is 0 Å². The van der Waals surface area contributed by atoms with E-state index in [4.69, 9.17) is 27.9 Å². The Morgan fingerprint density at radius 1 is 1.00 bits per heavy atom. The SMILES string of the molecule is COc1ccc(C2CC(=O)NC3=C2C(=O)CC(c2ccc(Cl)c(Cl)c2)C3)cc1O. The molecule has 4 rings (SSSR count). The Morgan fingerprint density at radius 2 is 1.76 bits per heavy atom. The van der Waals surface area contributed by atoms with Gasteiger partial charge in [0.1, 0.15) is 0 Å². The number of carbonyl (C=O) groups is 2. The molecule has 0 spiro atoms. The van der Waals surface area contributed by atoms with E-state index in [0.29, 0.717) is 45.5 Å². The van der Waals surface area contributed by atoms with Crippen LogP contribution in [-0.2, 0) is 9.59 Å². The van der Waals surface area contributed by atoms with Crippen molar-refractivity contribution in [2.24, 2.45) is 0 Å². The molecule has 2 aliphatic rings. The maximum absolute atomic E-state index is 13.1. The van der Waals surface area contributed by atoms with Crippen LogP contribution >= 0.6 is 23.2 Å². The quantitative estimate of drug-likeness (QED) is 0.737. The van der Waals surface area contributed by atoms with Crippen molar-refractivity contribution in [2.45, 2.75) is 31.1 Å². The highest BCUT2D eigenvalue weighted by atomic mass is 35.5. The lowest BCUT2D eigenvalue weighted by Crippen LogP contribution is -2.38. The lowest BCUT2D eigenvalue weighted by molar-refractivity contribution is -0.122. The number of halogens is 2. The Morgan fingerprint density at radius 3 is 2.45 bits per heavy atom. The Kier molecular flexibility index (Phi) is 5.28. The van der Waals surface area contributed by atoms with Gasteiger partial charge in [-0.3, -0.25) is 9.59 Å². The Balaban J connectivity index is 1.71. The van der Waals surface area contributed by atoms with E-state index in [9.17, 15) is 14.7 Å². The number of ketones is 1. The van der Waals surface area contributed by atoms with Crippen molar-refractivity contribution in [1.29, 1.82) is 0 Å². The summed E-state index contributed by atoms with van der Waals surface area (Å²) in [6.07, 6.45) is 1.02. The van der Waals surface area contributed by atoms with Crippen molar-refractivity contribution in [3.05, 3.63) is 68.8 Å². The fourth-order valence-electron chi connectivity index (χ4n) is 4.17. The maximum Gasteiger partial charge on any atom is 0.225 e. The van der Waals surface area contributed by atoms with Crippen molar-refractivity contribution >= 4 is 34.9 Å². The van der Waals surface area contributed by atoms with E-state index in [1.165, 1.54) is 7.11 Å². The highest BCUT2D eigenvalue weighted by Gasteiger charge is 2.38. The molecule has 2 aromatic carbocycles. The molecular formula is C22H19Cl2NO4. The fourth-order valence-corrected chi connectivity index (χ4v) is 4.48. The molecule has 1 amide bonds. The number of methoxy groups -OCH3 is 1. The van der Waals surface area contributed by atoms with Crippen LogP contribution in [0, 0.1) is 0 Å². The predicted octanol–water partition coefficient (Wildman–Crippen LogP) is 4.71. The van der Waals surface area contributed by atoms with E-state index >= 15 is 0 Å². The summed E-state index contributed by atoms with van der Waals surface area (Å²) < 4.78 is 5.09. The van der Waals surface area contributed by atoms with Gasteiger partial charge in [-0.05, 0) is 47.7 Å². The van der Waals surface area contributed by atoms with Crippen molar-refractivity contribution in [1.82, 2.24) is 5.32 Å². The summed E-state index contributed by atoms with van der Waals surface area (Å²) in [4.78, 5) is 25.5. The minimum Gasteiger partial charge on any atom is -0.504 e. The summed E-state index contributed by atoms with van der Waals surface area (Å²) in [6, 6.07) is 10.3. The predicted molar refractivity (Wildman–Crippen MR) is 111 cm³/mol. The second-order valence-electron chi connectivity index (χ2n) is 7.33. The molecule has 7 heteroatoms. The van der Waals surface area contributed by atoms with Crippen molar-refractivity contribution in [3.8, 4) is 11.5 Å². The van der Waals surface area contributed by atoms with Gasteiger partial charge in [-0.25, -0.2) is 0 Å². The smallest absolute Gasteiger partial charge is 0.225 e. The third kappa shape index (κ3) is 3.72. The van der Waals surface area contributed by atoms with E-state index in [2.05, 4.69) is 5.32 Å². The van der Waals surface area contributed by atoms with Gasteiger partial charge >= 0.3 is 0 Å². The molecule has 1 aliphatic heterocycles. The van der Waals surface area contributed by atoms with E-state index in [-0.39, 0.29) is 29.8 Å². The highest BCUT2D eigenvalue weighted by Crippen LogP contribution is 2.44. The maximum atomic E-state index is 13.1. The number of carbonyl (C=O) groups excluding carboxylic acids is 2. The fraction of sp³-hybridized carbons (Fsp3) is 0.273. The van der Waals surface area contributed by atoms with Crippen LogP contribution in [0.3, 0.4) is 0 Å². The zero-order valence-electron chi connectivity index (χ0n) is 15.7. The minimum absolute atomic E-state index is 0.0115. The number of phenols is 1. The number of hydrogen-bond acceptors (Lipinski definition) is 4. The summed E-state index contributed by atoms with van der Waals surface area (Å²) in [5.41, 5.74) is 2.89. The number of hydrogen-bond donors (Lipinski definition) is 2. The van der Waals surface area contributed by atoms with Gasteiger partial charge in [-0.1, -0.05) is 35.3 Å². The summed E-state index contributed by atoms with van der Waals surface area (Å²) in [5.74, 6) is -0.306. The average Bonchev–Trinajstić information content (AvgIpc) is 2.69. The Hall–Kier alpha value is -2.50. The standard InChI is InChI=1S/C22H19Cl2NO4/c1-29-20-5-3-12(8-18(20)26)14-10-21(28)25-17-7-13(9-19(27)22(14)17)11-2-4-15(23)16(24)6-11/h2-6,8,13-14,26H,7,9-10H2,1H3,(H,25,28). The second kappa shape index (κ2) is 7.73. The molecule has 1 heterocycles. The summed E-state index contributed by atoms with van der Waals surface area (Å²) in [6.45, 7) is 0. The van der Waals surface area contributed by atoms with E-state index in [0.717, 1.165) is 5.56 Å². The molecule has 2 aromatic rings. The van der Waals surface area contributed by atoms with E-state index in [1.54, 1.807) is 30.3 Å². The largest absolute Gasteiger partial charge is 0.504 e. The van der Waals surface area contributed by atoms with E-state index < -0.39 is 5.92 Å². The van der Waals surface area contributed by atoms with Crippen LogP contribution in [0.1, 0.15) is 42.2 Å². The number of aromatic hydroxyl groups is 1. The van der Waals surface area contributed by atoms with Gasteiger partial charge in [0.25, 0.3) is 0 Å². The number of Topliss-reactive ketones (excluding diaryl/α,β-unsaturated/α-hetero) is 1. The van der Waals surface area contributed by atoms with Crippen LogP contribution in [0.25, 0.3) is 0 Å². The third-order valence-electron chi connectivity index (χ3n) is 5.56. The van der Waals surface area contributed by atoms with Gasteiger partial charge in [0.05, 0.1) is 17.2 Å². The normalized spacial score (nSPS) is 21.6. The molecule has 0 radical (unpaired) electrons.